The molecule has 13 nitrogen and oxygen atoms in total. The van der Waals surface area contributed by atoms with Crippen LogP contribution in [0.5, 0.6) is 0 Å². The van der Waals surface area contributed by atoms with Crippen molar-refractivity contribution in [2.75, 3.05) is 11.5 Å². The molecule has 2 atom stereocenters. The fourth-order valence-corrected chi connectivity index (χ4v) is 6.12. The number of hydrogen-bond acceptors (Lipinski definition) is 12. The number of nitrogens with one attached hydrogen (secondary N) is 1. The van der Waals surface area contributed by atoms with Crippen LogP contribution in [0.1, 0.15) is 5.69 Å². The molecule has 0 spiro atoms. The van der Waals surface area contributed by atoms with Gasteiger partial charge in [0.1, 0.15) is 17.1 Å². The number of carboxylic acids is 1. The average Bonchev–Trinajstić information content (AvgIpc) is 3.28. The van der Waals surface area contributed by atoms with Gasteiger partial charge < -0.3 is 31.9 Å². The number of fused-ring (bicyclic) bond motifs is 1. The summed E-state index contributed by atoms with van der Waals surface area (Å²) in [6.07, 6.45) is 4.97. The van der Waals surface area contributed by atoms with Gasteiger partial charge in [-0.05, 0) is 17.1 Å². The third-order valence-electron chi connectivity index (χ3n) is 5.23. The highest BCUT2D eigenvalue weighted by atomic mass is 32.2. The molecule has 37 heavy (non-hydrogen) atoms. The Morgan fingerprint density at radius 3 is 2.70 bits per heavy atom. The van der Waals surface area contributed by atoms with Gasteiger partial charge in [0.15, 0.2) is 23.2 Å². The number of β-lactam (4-membered cyclic amide) rings is 1. The SMILES string of the molecule is NC(=O)C[n+]1ccc(S/C=C/C2=C(C(=O)[O-])N3C(=O)[C@@H](NC(=O)/C(=N\O)c4csc(N)n4)[C@H]3SC2)cc1. The van der Waals surface area contributed by atoms with Gasteiger partial charge >= 0.3 is 0 Å². The maximum atomic E-state index is 12.8. The van der Waals surface area contributed by atoms with Crippen LogP contribution in [0.2, 0.25) is 0 Å². The lowest BCUT2D eigenvalue weighted by molar-refractivity contribution is -0.684. The highest BCUT2D eigenvalue weighted by Crippen LogP contribution is 2.40. The Labute approximate surface area is 221 Å². The van der Waals surface area contributed by atoms with Crippen molar-refractivity contribution in [3.05, 3.63) is 58.4 Å². The number of aliphatic carboxylic acids is 1. The minimum absolute atomic E-state index is 0.0452. The summed E-state index contributed by atoms with van der Waals surface area (Å²) in [5, 5.41) is 29.2. The lowest BCUT2D eigenvalue weighted by Gasteiger charge is -2.50. The van der Waals surface area contributed by atoms with Crippen molar-refractivity contribution in [1.82, 2.24) is 15.2 Å². The zero-order valence-corrected chi connectivity index (χ0v) is 21.2. The average molecular weight is 562 g/mol. The molecule has 0 aliphatic carbocycles. The van der Waals surface area contributed by atoms with Crippen molar-refractivity contribution in [2.24, 2.45) is 10.9 Å². The van der Waals surface area contributed by atoms with Gasteiger partial charge in [0, 0.05) is 28.2 Å². The number of anilines is 1. The number of nitrogens with two attached hydrogens (primary N) is 2. The van der Waals surface area contributed by atoms with Crippen LogP contribution in [-0.2, 0) is 25.7 Å². The summed E-state index contributed by atoms with van der Waals surface area (Å²) in [7, 11) is 0. The first kappa shape index (κ1) is 26.2. The first-order chi connectivity index (χ1) is 17.7. The van der Waals surface area contributed by atoms with Crippen LogP contribution < -0.4 is 26.5 Å². The summed E-state index contributed by atoms with van der Waals surface area (Å²) < 4.78 is 1.62. The molecule has 2 aliphatic rings. The molecule has 3 amide bonds. The predicted octanol–water partition coefficient (Wildman–Crippen LogP) is -1.61. The molecule has 1 fully saturated rings. The Kier molecular flexibility index (Phi) is 7.80. The second kappa shape index (κ2) is 11.0. The van der Waals surface area contributed by atoms with Gasteiger partial charge in [0.05, 0.1) is 11.7 Å². The maximum Gasteiger partial charge on any atom is 0.283 e. The van der Waals surface area contributed by atoms with Crippen LogP contribution in [-0.4, -0.2) is 61.7 Å². The number of nitrogens with zero attached hydrogens (tertiary/aromatic N) is 4. The van der Waals surface area contributed by atoms with E-state index in [4.69, 9.17) is 11.5 Å². The third-order valence-corrected chi connectivity index (χ3v) is 8.02. The second-order valence-electron chi connectivity index (χ2n) is 7.63. The fraction of sp³-hybridized carbons (Fsp3) is 0.190. The molecule has 16 heteroatoms. The summed E-state index contributed by atoms with van der Waals surface area (Å²) in [4.78, 5) is 54.1. The fourth-order valence-electron chi connectivity index (χ4n) is 3.58. The molecular weight excluding hydrogens is 542 g/mol. The van der Waals surface area contributed by atoms with E-state index in [1.807, 2.05) is 0 Å². The van der Waals surface area contributed by atoms with Gasteiger partial charge in [0.2, 0.25) is 6.54 Å². The minimum atomic E-state index is -1.52. The molecule has 0 bridgehead atoms. The number of thiazole rings is 1. The van der Waals surface area contributed by atoms with E-state index < -0.39 is 40.8 Å². The predicted molar refractivity (Wildman–Crippen MR) is 133 cm³/mol. The minimum Gasteiger partial charge on any atom is -0.543 e. The van der Waals surface area contributed by atoms with E-state index in [1.165, 1.54) is 28.9 Å². The van der Waals surface area contributed by atoms with Crippen molar-refractivity contribution < 1.29 is 34.1 Å². The summed E-state index contributed by atoms with van der Waals surface area (Å²) in [5.41, 5.74) is 10.5. The first-order valence-electron chi connectivity index (χ1n) is 10.4. The summed E-state index contributed by atoms with van der Waals surface area (Å²) in [6, 6.07) is 2.51. The quantitative estimate of drug-likeness (QED) is 0.0687. The van der Waals surface area contributed by atoms with Crippen LogP contribution in [0.15, 0.2) is 62.7 Å². The number of carbonyl (C=O) groups is 4. The number of allylic oxidation sites excluding steroid dienone is 1. The standard InChI is InChI=1S/C21H19N7O6S3/c22-13(29)7-27-4-1-11(2-5-27)35-6-3-10-8-36-19-15(18(31)28(19)16(10)20(32)33)25-17(30)14(26-34)12-9-37-21(23)24-12/h1-6,9,15,19H,7-8H2,(H6-,22,23,24,25,29,30,32,33,34)/b6-3+/t15-,19-/m1/s1. The van der Waals surface area contributed by atoms with E-state index in [1.54, 1.807) is 40.6 Å². The highest BCUT2D eigenvalue weighted by molar-refractivity contribution is 8.02. The van der Waals surface area contributed by atoms with E-state index in [0.29, 0.717) is 5.57 Å². The molecule has 4 rings (SSSR count). The van der Waals surface area contributed by atoms with Gasteiger partial charge in [-0.15, -0.1) is 23.1 Å². The molecule has 2 aliphatic heterocycles. The van der Waals surface area contributed by atoms with Gasteiger partial charge in [-0.2, -0.15) is 4.57 Å². The Bertz CT molecular complexity index is 1350. The molecule has 0 saturated carbocycles. The summed E-state index contributed by atoms with van der Waals surface area (Å²) >= 11 is 3.62. The smallest absolute Gasteiger partial charge is 0.283 e. The molecule has 0 aromatic carbocycles. The molecular formula is C21H19N7O6S3. The molecule has 192 valence electrons. The van der Waals surface area contributed by atoms with E-state index in [9.17, 15) is 29.5 Å². The Hall–Kier alpha value is -3.89. The van der Waals surface area contributed by atoms with E-state index in [0.717, 1.165) is 21.1 Å². The largest absolute Gasteiger partial charge is 0.543 e. The summed E-state index contributed by atoms with van der Waals surface area (Å²) in [6.45, 7) is 0.0555. The highest BCUT2D eigenvalue weighted by Gasteiger charge is 2.53. The second-order valence-corrected chi connectivity index (χ2v) is 10.6. The number of primary amides is 1. The Morgan fingerprint density at radius 2 is 2.11 bits per heavy atom. The van der Waals surface area contributed by atoms with Crippen LogP contribution in [0.25, 0.3) is 0 Å². The van der Waals surface area contributed by atoms with Crippen LogP contribution >= 0.6 is 34.9 Å². The van der Waals surface area contributed by atoms with Crippen molar-refractivity contribution in [3.63, 3.8) is 0 Å². The number of oxime groups is 1. The number of hydrogen-bond donors (Lipinski definition) is 4. The van der Waals surface area contributed by atoms with E-state index >= 15 is 0 Å². The maximum absolute atomic E-state index is 12.8. The van der Waals surface area contributed by atoms with Gasteiger partial charge in [-0.3, -0.25) is 19.3 Å². The molecule has 6 N–H and O–H groups in total. The lowest BCUT2D eigenvalue weighted by Crippen LogP contribution is -2.71. The molecule has 1 saturated heterocycles. The normalized spacial score (nSPS) is 19.5. The van der Waals surface area contributed by atoms with Crippen molar-refractivity contribution in [3.8, 4) is 0 Å². The van der Waals surface area contributed by atoms with Crippen molar-refractivity contribution in [2.45, 2.75) is 22.9 Å². The van der Waals surface area contributed by atoms with E-state index in [2.05, 4.69) is 15.5 Å². The molecule has 0 unspecified atom stereocenters. The number of carbonyl (C=O) groups excluding carboxylic acids is 4. The number of pyridine rings is 1. The number of rotatable bonds is 9. The number of carboxylic acid groups (broad SMARTS) is 1. The summed E-state index contributed by atoms with van der Waals surface area (Å²) in [5.74, 6) is -3.23. The van der Waals surface area contributed by atoms with Crippen LogP contribution in [0.4, 0.5) is 5.13 Å². The number of nitrogen functional groups attached to an aromatic ring is 1. The lowest BCUT2D eigenvalue weighted by atomic mass is 10.0. The zero-order valence-electron chi connectivity index (χ0n) is 18.8. The molecule has 2 aromatic rings. The van der Waals surface area contributed by atoms with Gasteiger partial charge in [0.25, 0.3) is 17.7 Å². The van der Waals surface area contributed by atoms with E-state index in [-0.39, 0.29) is 28.8 Å². The number of thioether (sulfide) groups is 2. The van der Waals surface area contributed by atoms with Crippen molar-refractivity contribution in [1.29, 1.82) is 0 Å². The van der Waals surface area contributed by atoms with Crippen LogP contribution in [0, 0.1) is 0 Å². The van der Waals surface area contributed by atoms with Crippen LogP contribution in [0.3, 0.4) is 0 Å². The topological polar surface area (TPSA) is 208 Å². The third kappa shape index (κ3) is 5.60. The molecule has 0 radical (unpaired) electrons. The Morgan fingerprint density at radius 1 is 1.38 bits per heavy atom. The Balaban J connectivity index is 1.44. The van der Waals surface area contributed by atoms with Crippen molar-refractivity contribution >= 4 is 69.4 Å². The zero-order chi connectivity index (χ0) is 26.7. The monoisotopic (exact) mass is 561 g/mol. The number of amides is 3. The number of aromatic nitrogens is 2. The van der Waals surface area contributed by atoms with Gasteiger partial charge in [-0.25, -0.2) is 4.98 Å². The molecule has 4 heterocycles. The first-order valence-corrected chi connectivity index (χ1v) is 13.2. The van der Waals surface area contributed by atoms with Gasteiger partial charge in [-0.1, -0.05) is 16.9 Å². The molecule has 2 aromatic heterocycles.